The van der Waals surface area contributed by atoms with Gasteiger partial charge in [-0.25, -0.2) is 9.13 Å². The summed E-state index contributed by atoms with van der Waals surface area (Å²) >= 11 is 0. The largest absolute Gasteiger partial charge is 0.472 e. The Morgan fingerprint density at radius 3 is 0.804 bits per heavy atom. The average Bonchev–Trinajstić information content (AvgIpc) is 0.939. The number of phosphoric ester groups is 2. The van der Waals surface area contributed by atoms with Crippen LogP contribution in [0.2, 0.25) is 0 Å². The van der Waals surface area contributed by atoms with Gasteiger partial charge in [0.25, 0.3) is 0 Å². The lowest BCUT2D eigenvalue weighted by Gasteiger charge is -2.21. The first-order chi connectivity index (χ1) is 49.7. The van der Waals surface area contributed by atoms with Crippen LogP contribution in [0.15, 0.2) is 134 Å². The molecule has 0 rings (SSSR count). The van der Waals surface area contributed by atoms with Gasteiger partial charge in [0.15, 0.2) is 12.2 Å². The van der Waals surface area contributed by atoms with E-state index in [0.717, 1.165) is 186 Å². The SMILES string of the molecule is CC/C=C\C/C=C\C/C=C\C/C=C\CCCCCCCCC(=O)OCC(COP(=O)(O)OCC(O)COP(=O)(O)OCC(COC(=O)CCCCCCCCC/C=C\C/C=C\C/C=C\CC)OC(=O)CCCCCCCCCCCCC)OC(=O)CCCC/C=C\C/C=C\C/C=C\C/C=C\CC. The molecule has 0 heterocycles. The number of aliphatic hydroxyl groups is 1. The Hall–Kier alpha value is -4.80. The fraction of sp³-hybridized carbons (Fsp3) is 0.687. The van der Waals surface area contributed by atoms with Crippen LogP contribution < -0.4 is 0 Å². The molecule has 0 saturated heterocycles. The van der Waals surface area contributed by atoms with Crippen LogP contribution in [-0.2, 0) is 65.4 Å². The molecule has 584 valence electrons. The van der Waals surface area contributed by atoms with Crippen molar-refractivity contribution >= 4 is 39.5 Å². The first kappa shape index (κ1) is 97.2. The Balaban J connectivity index is 5.36. The summed E-state index contributed by atoms with van der Waals surface area (Å²) in [6.07, 6.45) is 83.0. The van der Waals surface area contributed by atoms with Gasteiger partial charge >= 0.3 is 39.5 Å². The number of allylic oxidation sites excluding steroid dienone is 22. The minimum Gasteiger partial charge on any atom is -0.462 e. The van der Waals surface area contributed by atoms with E-state index in [-0.39, 0.29) is 25.7 Å². The van der Waals surface area contributed by atoms with Crippen LogP contribution >= 0.6 is 15.6 Å². The van der Waals surface area contributed by atoms with Crippen LogP contribution in [-0.4, -0.2) is 96.7 Å². The van der Waals surface area contributed by atoms with Gasteiger partial charge in [-0.2, -0.15) is 0 Å². The summed E-state index contributed by atoms with van der Waals surface area (Å²) < 4.78 is 68.5. The van der Waals surface area contributed by atoms with E-state index in [9.17, 15) is 43.2 Å². The minimum absolute atomic E-state index is 0.0365. The lowest BCUT2D eigenvalue weighted by atomic mass is 10.1. The van der Waals surface area contributed by atoms with Crippen molar-refractivity contribution in [3.05, 3.63) is 134 Å². The zero-order valence-electron chi connectivity index (χ0n) is 63.7. The fourth-order valence-electron chi connectivity index (χ4n) is 10.2. The fourth-order valence-corrected chi connectivity index (χ4v) is 11.8. The molecular formula is C83H140O17P2. The van der Waals surface area contributed by atoms with E-state index in [0.29, 0.717) is 32.1 Å². The van der Waals surface area contributed by atoms with E-state index in [1.54, 1.807) is 0 Å². The molecule has 3 N–H and O–H groups in total. The first-order valence-electron chi connectivity index (χ1n) is 39.4. The van der Waals surface area contributed by atoms with Crippen LogP contribution in [0.3, 0.4) is 0 Å². The molecule has 0 aliphatic carbocycles. The summed E-state index contributed by atoms with van der Waals surface area (Å²) in [6.45, 7) is 4.47. The number of unbranched alkanes of at least 4 members (excludes halogenated alkanes) is 25. The van der Waals surface area contributed by atoms with E-state index in [4.69, 9.17) is 37.0 Å². The third-order valence-electron chi connectivity index (χ3n) is 16.1. The summed E-state index contributed by atoms with van der Waals surface area (Å²) in [7, 11) is -9.97. The van der Waals surface area contributed by atoms with Crippen LogP contribution in [0.4, 0.5) is 0 Å². The number of carbonyl (C=O) groups excluding carboxylic acids is 4. The Morgan fingerprint density at radius 1 is 0.284 bits per heavy atom. The van der Waals surface area contributed by atoms with Gasteiger partial charge in [0.2, 0.25) is 0 Å². The zero-order valence-corrected chi connectivity index (χ0v) is 65.5. The smallest absolute Gasteiger partial charge is 0.462 e. The summed E-state index contributed by atoms with van der Waals surface area (Å²) in [5.74, 6) is -2.24. The molecule has 5 atom stereocenters. The third-order valence-corrected chi connectivity index (χ3v) is 18.0. The monoisotopic (exact) mass is 1470 g/mol. The molecule has 0 amide bonds. The molecule has 17 nitrogen and oxygen atoms in total. The van der Waals surface area contributed by atoms with Gasteiger partial charge in [0.1, 0.15) is 19.3 Å². The number of hydrogen-bond donors (Lipinski definition) is 3. The molecule has 0 spiro atoms. The van der Waals surface area contributed by atoms with Crippen molar-refractivity contribution in [1.29, 1.82) is 0 Å². The van der Waals surface area contributed by atoms with Crippen LogP contribution in [0, 0.1) is 0 Å². The normalized spacial score (nSPS) is 14.6. The predicted octanol–water partition coefficient (Wildman–Crippen LogP) is 22.9. The van der Waals surface area contributed by atoms with Crippen LogP contribution in [0.25, 0.3) is 0 Å². The van der Waals surface area contributed by atoms with Gasteiger partial charge in [0.05, 0.1) is 26.4 Å². The zero-order chi connectivity index (χ0) is 74.6. The van der Waals surface area contributed by atoms with Crippen LogP contribution in [0.1, 0.15) is 310 Å². The quantitative estimate of drug-likeness (QED) is 0.0169. The van der Waals surface area contributed by atoms with Crippen molar-refractivity contribution in [2.24, 2.45) is 0 Å². The van der Waals surface area contributed by atoms with Gasteiger partial charge in [-0.1, -0.05) is 283 Å². The highest BCUT2D eigenvalue weighted by Crippen LogP contribution is 2.45. The van der Waals surface area contributed by atoms with Gasteiger partial charge < -0.3 is 33.8 Å². The molecule has 0 aromatic rings. The number of rotatable bonds is 73. The predicted molar refractivity (Wildman–Crippen MR) is 418 cm³/mol. The summed E-state index contributed by atoms with van der Waals surface area (Å²) in [4.78, 5) is 72.9. The van der Waals surface area contributed by atoms with Gasteiger partial charge in [-0.05, 0) is 135 Å². The molecular weight excluding hydrogens is 1330 g/mol. The number of hydrogen-bond acceptors (Lipinski definition) is 15. The van der Waals surface area contributed by atoms with Crippen molar-refractivity contribution in [2.45, 2.75) is 329 Å². The highest BCUT2D eigenvalue weighted by Gasteiger charge is 2.30. The molecule has 0 saturated carbocycles. The Kier molecular flexibility index (Phi) is 71.0. The second kappa shape index (κ2) is 74.5. The maximum atomic E-state index is 13.1. The van der Waals surface area contributed by atoms with Gasteiger partial charge in [0, 0.05) is 25.7 Å². The summed E-state index contributed by atoms with van der Waals surface area (Å²) in [6, 6.07) is 0. The lowest BCUT2D eigenvalue weighted by Crippen LogP contribution is -2.30. The van der Waals surface area contributed by atoms with Crippen molar-refractivity contribution in [3.8, 4) is 0 Å². The topological polar surface area (TPSA) is 237 Å². The van der Waals surface area contributed by atoms with Crippen molar-refractivity contribution in [1.82, 2.24) is 0 Å². The number of aliphatic hydroxyl groups excluding tert-OH is 1. The highest BCUT2D eigenvalue weighted by atomic mass is 31.2. The second-order valence-corrected chi connectivity index (χ2v) is 28.8. The number of carbonyl (C=O) groups is 4. The van der Waals surface area contributed by atoms with Gasteiger partial charge in [-0.3, -0.25) is 37.3 Å². The van der Waals surface area contributed by atoms with Crippen molar-refractivity contribution in [2.75, 3.05) is 39.6 Å². The van der Waals surface area contributed by atoms with E-state index >= 15 is 0 Å². The maximum absolute atomic E-state index is 13.1. The minimum atomic E-state index is -4.99. The molecule has 19 heteroatoms. The average molecular weight is 1470 g/mol. The van der Waals surface area contributed by atoms with E-state index < -0.39 is 97.5 Å². The van der Waals surface area contributed by atoms with Gasteiger partial charge in [-0.15, -0.1) is 0 Å². The van der Waals surface area contributed by atoms with Crippen LogP contribution in [0.5, 0.6) is 0 Å². The molecule has 0 aromatic heterocycles. The number of esters is 4. The molecule has 0 aromatic carbocycles. The van der Waals surface area contributed by atoms with E-state index in [1.165, 1.54) is 38.5 Å². The molecule has 5 unspecified atom stereocenters. The summed E-state index contributed by atoms with van der Waals surface area (Å²) in [5.41, 5.74) is 0. The number of phosphoric acid groups is 2. The van der Waals surface area contributed by atoms with Crippen molar-refractivity contribution in [3.63, 3.8) is 0 Å². The molecule has 0 radical (unpaired) electrons. The molecule has 0 bridgehead atoms. The maximum Gasteiger partial charge on any atom is 0.472 e. The first-order valence-corrected chi connectivity index (χ1v) is 42.4. The third kappa shape index (κ3) is 73.5. The standard InChI is InChI=1S/C83H140O17P2/c1-5-9-13-17-21-25-29-32-35-37-38-40-43-45-49-52-56-60-64-68-81(86)94-74-79(100-83(88)70-66-62-58-54-50-46-41-34-31-27-23-19-15-11-7-3)76-98-102(91,92)96-72-77(84)71-95-101(89,90)97-75-78(99-82(87)69-65-61-57-53-47-28-24-20-16-12-8-4)73-93-80(85)67-63-59-55-51-48-44-42-39-36-33-30-26-22-18-14-10-6-2/h9-11,13-15,21-23,25-27,32-36,38,40-41,50,54,77-79,84H,5-8,12,16-20,24,28-31,37,39,42-49,51-53,55-76H2,1-4H3,(H,89,90)(H,91,92)/b13-9-,14-10-,15-11-,25-21-,26-22-,27-23-,35-32-,36-33-,40-38-,41-34-,54-50-. The van der Waals surface area contributed by atoms with E-state index in [1.807, 2.05) is 0 Å². The second-order valence-electron chi connectivity index (χ2n) is 25.9. The van der Waals surface area contributed by atoms with Crippen molar-refractivity contribution < 1.29 is 80.2 Å². The summed E-state index contributed by atoms with van der Waals surface area (Å²) in [5, 5.41) is 10.6. The Morgan fingerprint density at radius 2 is 0.510 bits per heavy atom. The molecule has 102 heavy (non-hydrogen) atoms. The molecule has 0 fully saturated rings. The Bertz CT molecular complexity index is 2460. The van der Waals surface area contributed by atoms with E-state index in [2.05, 4.69) is 161 Å². The number of ether oxygens (including phenoxy) is 4. The Labute approximate surface area is 618 Å². The highest BCUT2D eigenvalue weighted by molar-refractivity contribution is 7.47. The lowest BCUT2D eigenvalue weighted by molar-refractivity contribution is -0.161. The molecule has 0 aliphatic heterocycles. The molecule has 0 aliphatic rings.